The highest BCUT2D eigenvalue weighted by Crippen LogP contribution is 2.28. The number of piperazine rings is 1. The van der Waals surface area contributed by atoms with Crippen molar-refractivity contribution in [3.63, 3.8) is 0 Å². The van der Waals surface area contributed by atoms with Crippen molar-refractivity contribution in [2.45, 2.75) is 13.8 Å². The number of hydrogen-bond donors (Lipinski definition) is 0. The molecule has 3 aromatic rings. The Labute approximate surface area is 182 Å². The van der Waals surface area contributed by atoms with E-state index in [-0.39, 0.29) is 12.5 Å². The Morgan fingerprint density at radius 3 is 2.26 bits per heavy atom. The number of ether oxygens (including phenoxy) is 2. The van der Waals surface area contributed by atoms with Crippen LogP contribution in [0.15, 0.2) is 54.6 Å². The molecule has 7 nitrogen and oxygen atoms in total. The molecular weight excluding hydrogens is 392 g/mol. The van der Waals surface area contributed by atoms with Gasteiger partial charge in [-0.05, 0) is 38.1 Å². The van der Waals surface area contributed by atoms with E-state index >= 15 is 0 Å². The number of nitrogens with zero attached hydrogens (tertiary/aromatic N) is 4. The number of hydrogen-bond acceptors (Lipinski definition) is 5. The highest BCUT2D eigenvalue weighted by atomic mass is 16.5. The van der Waals surface area contributed by atoms with Gasteiger partial charge in [0.05, 0.1) is 29.9 Å². The van der Waals surface area contributed by atoms with Crippen LogP contribution in [0.5, 0.6) is 11.5 Å². The van der Waals surface area contributed by atoms with Gasteiger partial charge in [-0.3, -0.25) is 4.79 Å². The second-order valence-electron chi connectivity index (χ2n) is 7.57. The summed E-state index contributed by atoms with van der Waals surface area (Å²) in [4.78, 5) is 16.8. The molecule has 0 saturated carbocycles. The van der Waals surface area contributed by atoms with Crippen LogP contribution in [0.1, 0.15) is 11.4 Å². The molecule has 1 aromatic heterocycles. The van der Waals surface area contributed by atoms with Crippen molar-refractivity contribution in [2.75, 3.05) is 44.8 Å². The van der Waals surface area contributed by atoms with E-state index in [9.17, 15) is 4.79 Å². The summed E-state index contributed by atoms with van der Waals surface area (Å²) in [5.41, 5.74) is 4.32. The molecule has 0 radical (unpaired) electrons. The van der Waals surface area contributed by atoms with Crippen LogP contribution in [0.2, 0.25) is 0 Å². The predicted molar refractivity (Wildman–Crippen MR) is 120 cm³/mol. The van der Waals surface area contributed by atoms with E-state index in [4.69, 9.17) is 14.6 Å². The van der Waals surface area contributed by atoms with Crippen molar-refractivity contribution in [2.24, 2.45) is 0 Å². The molecule has 0 atom stereocenters. The van der Waals surface area contributed by atoms with Gasteiger partial charge in [0.15, 0.2) is 18.1 Å². The van der Waals surface area contributed by atoms with Crippen LogP contribution in [0.25, 0.3) is 5.69 Å². The molecule has 0 N–H and O–H groups in total. The maximum atomic E-state index is 12.7. The lowest BCUT2D eigenvalue weighted by molar-refractivity contribution is -0.133. The highest BCUT2D eigenvalue weighted by molar-refractivity contribution is 5.78. The number of methoxy groups -OCH3 is 1. The number of aryl methyl sites for hydroxylation is 1. The molecule has 1 aliphatic heterocycles. The minimum absolute atomic E-state index is 0.00433. The van der Waals surface area contributed by atoms with E-state index in [1.807, 2.05) is 52.9 Å². The summed E-state index contributed by atoms with van der Waals surface area (Å²) in [6.45, 7) is 6.99. The topological polar surface area (TPSA) is 59.8 Å². The summed E-state index contributed by atoms with van der Waals surface area (Å²) in [6.07, 6.45) is 0. The summed E-state index contributed by atoms with van der Waals surface area (Å²) >= 11 is 0. The SMILES string of the molecule is COc1ccccc1OCC(=O)N1CCN(c2c(C)nn(-c3ccccc3)c2C)CC1. The number of carbonyl (C=O) groups is 1. The normalized spacial score (nSPS) is 13.9. The van der Waals surface area contributed by atoms with Gasteiger partial charge in [0.1, 0.15) is 0 Å². The summed E-state index contributed by atoms with van der Waals surface area (Å²) < 4.78 is 13.0. The summed E-state index contributed by atoms with van der Waals surface area (Å²) in [7, 11) is 1.59. The molecule has 1 saturated heterocycles. The fourth-order valence-corrected chi connectivity index (χ4v) is 4.06. The molecule has 0 bridgehead atoms. The number of amides is 1. The molecule has 1 fully saturated rings. The van der Waals surface area contributed by atoms with Crippen LogP contribution in [0.4, 0.5) is 5.69 Å². The van der Waals surface area contributed by atoms with Crippen LogP contribution in [0.3, 0.4) is 0 Å². The molecule has 7 heteroatoms. The minimum Gasteiger partial charge on any atom is -0.493 e. The van der Waals surface area contributed by atoms with Crippen LogP contribution in [-0.4, -0.2) is 60.5 Å². The Bertz CT molecular complexity index is 1040. The first kappa shape index (κ1) is 20.8. The third-order valence-electron chi connectivity index (χ3n) is 5.62. The number of carbonyl (C=O) groups excluding carboxylic acids is 1. The van der Waals surface area contributed by atoms with E-state index in [0.717, 1.165) is 35.9 Å². The first-order chi connectivity index (χ1) is 15.1. The zero-order valence-corrected chi connectivity index (χ0v) is 18.2. The first-order valence-electron chi connectivity index (χ1n) is 10.5. The van der Waals surface area contributed by atoms with Gasteiger partial charge in [-0.2, -0.15) is 5.10 Å². The number of anilines is 1. The van der Waals surface area contributed by atoms with Crippen LogP contribution >= 0.6 is 0 Å². The first-order valence-corrected chi connectivity index (χ1v) is 10.5. The van der Waals surface area contributed by atoms with E-state index in [1.165, 1.54) is 0 Å². The highest BCUT2D eigenvalue weighted by Gasteiger charge is 2.25. The number of aromatic nitrogens is 2. The van der Waals surface area contributed by atoms with Gasteiger partial charge in [0.25, 0.3) is 5.91 Å². The minimum atomic E-state index is -0.0148. The zero-order chi connectivity index (χ0) is 21.8. The molecule has 2 aromatic carbocycles. The number of para-hydroxylation sites is 3. The maximum Gasteiger partial charge on any atom is 0.260 e. The van der Waals surface area contributed by atoms with E-state index in [2.05, 4.69) is 24.0 Å². The fraction of sp³-hybridized carbons (Fsp3) is 0.333. The molecule has 1 amide bonds. The fourth-order valence-electron chi connectivity index (χ4n) is 4.06. The molecule has 162 valence electrons. The van der Waals surface area contributed by atoms with Gasteiger partial charge in [-0.1, -0.05) is 30.3 Å². The lowest BCUT2D eigenvalue weighted by Crippen LogP contribution is -2.50. The van der Waals surface area contributed by atoms with Crippen LogP contribution in [-0.2, 0) is 4.79 Å². The van der Waals surface area contributed by atoms with Crippen molar-refractivity contribution < 1.29 is 14.3 Å². The number of benzene rings is 2. The quantitative estimate of drug-likeness (QED) is 0.613. The lowest BCUT2D eigenvalue weighted by atomic mass is 10.2. The van der Waals surface area contributed by atoms with Crippen molar-refractivity contribution in [3.8, 4) is 17.2 Å². The van der Waals surface area contributed by atoms with Gasteiger partial charge in [-0.25, -0.2) is 4.68 Å². The standard InChI is InChI=1S/C24H28N4O3/c1-18-24(19(2)28(25-18)20-9-5-4-6-10-20)27-15-13-26(14-16-27)23(29)17-31-22-12-8-7-11-21(22)30-3/h4-12H,13-17H2,1-3H3. The Balaban J connectivity index is 1.38. The molecule has 0 aliphatic carbocycles. The molecule has 4 rings (SSSR count). The Kier molecular flexibility index (Phi) is 6.11. The van der Waals surface area contributed by atoms with Gasteiger partial charge in [-0.15, -0.1) is 0 Å². The molecular formula is C24H28N4O3. The molecule has 0 unspecified atom stereocenters. The Morgan fingerprint density at radius 1 is 0.935 bits per heavy atom. The second-order valence-corrected chi connectivity index (χ2v) is 7.57. The molecule has 31 heavy (non-hydrogen) atoms. The number of rotatable bonds is 6. The van der Waals surface area contributed by atoms with Crippen molar-refractivity contribution in [1.82, 2.24) is 14.7 Å². The van der Waals surface area contributed by atoms with Gasteiger partial charge in [0, 0.05) is 26.2 Å². The summed E-state index contributed by atoms with van der Waals surface area (Å²) in [5, 5.41) is 4.75. The largest absolute Gasteiger partial charge is 0.493 e. The van der Waals surface area contributed by atoms with Crippen molar-refractivity contribution >= 4 is 11.6 Å². The lowest BCUT2D eigenvalue weighted by Gasteiger charge is -2.36. The Morgan fingerprint density at radius 2 is 1.58 bits per heavy atom. The van der Waals surface area contributed by atoms with E-state index in [1.54, 1.807) is 13.2 Å². The monoisotopic (exact) mass is 420 g/mol. The average molecular weight is 421 g/mol. The average Bonchev–Trinajstić information content (AvgIpc) is 3.12. The van der Waals surface area contributed by atoms with Crippen LogP contribution < -0.4 is 14.4 Å². The summed E-state index contributed by atoms with van der Waals surface area (Å²) in [5.74, 6) is 1.19. The second kappa shape index (κ2) is 9.12. The summed E-state index contributed by atoms with van der Waals surface area (Å²) in [6, 6.07) is 17.5. The zero-order valence-electron chi connectivity index (χ0n) is 18.2. The van der Waals surface area contributed by atoms with Crippen molar-refractivity contribution in [1.29, 1.82) is 0 Å². The van der Waals surface area contributed by atoms with Gasteiger partial charge >= 0.3 is 0 Å². The van der Waals surface area contributed by atoms with E-state index in [0.29, 0.717) is 24.6 Å². The molecule has 0 spiro atoms. The van der Waals surface area contributed by atoms with Gasteiger partial charge < -0.3 is 19.3 Å². The third kappa shape index (κ3) is 4.35. The predicted octanol–water partition coefficient (Wildman–Crippen LogP) is 3.23. The Hall–Kier alpha value is -3.48. The third-order valence-corrected chi connectivity index (χ3v) is 5.62. The van der Waals surface area contributed by atoms with E-state index < -0.39 is 0 Å². The van der Waals surface area contributed by atoms with Crippen LogP contribution in [0, 0.1) is 13.8 Å². The van der Waals surface area contributed by atoms with Gasteiger partial charge in [0.2, 0.25) is 0 Å². The molecule has 2 heterocycles. The maximum absolute atomic E-state index is 12.7. The van der Waals surface area contributed by atoms with Crippen molar-refractivity contribution in [3.05, 3.63) is 66.0 Å². The smallest absolute Gasteiger partial charge is 0.260 e. The molecule has 1 aliphatic rings.